The van der Waals surface area contributed by atoms with Crippen LogP contribution in [0.25, 0.3) is 16.4 Å². The van der Waals surface area contributed by atoms with Gasteiger partial charge in [0.05, 0.1) is 6.20 Å². The Morgan fingerprint density at radius 2 is 1.94 bits per heavy atom. The Balaban J connectivity index is 1.57. The van der Waals surface area contributed by atoms with Gasteiger partial charge < -0.3 is 14.4 Å². The number of aromatic nitrogens is 4. The van der Waals surface area contributed by atoms with Crippen LogP contribution in [0.3, 0.4) is 0 Å². The van der Waals surface area contributed by atoms with Crippen molar-refractivity contribution in [3.05, 3.63) is 59.9 Å². The third-order valence-corrected chi connectivity index (χ3v) is 6.06. The summed E-state index contributed by atoms with van der Waals surface area (Å²) >= 11 is 0. The molecule has 34 heavy (non-hydrogen) atoms. The highest BCUT2D eigenvalue weighted by atomic mass is 16.5. The Kier molecular flexibility index (Phi) is 5.69. The molecule has 5 rings (SSSR count). The molecule has 0 aliphatic carbocycles. The third kappa shape index (κ3) is 4.33. The molecule has 8 heteroatoms. The van der Waals surface area contributed by atoms with Crippen molar-refractivity contribution in [3.63, 3.8) is 0 Å². The highest BCUT2D eigenvalue weighted by Crippen LogP contribution is 2.27. The van der Waals surface area contributed by atoms with Crippen LogP contribution in [0.4, 0.5) is 0 Å². The Morgan fingerprint density at radius 1 is 1.15 bits per heavy atom. The molecular weight excluding hydrogens is 430 g/mol. The molecule has 4 aromatic rings. The Morgan fingerprint density at radius 3 is 2.71 bits per heavy atom. The van der Waals surface area contributed by atoms with Crippen LogP contribution in [0.2, 0.25) is 0 Å². The minimum absolute atomic E-state index is 0.164. The van der Waals surface area contributed by atoms with E-state index in [1.54, 1.807) is 0 Å². The highest BCUT2D eigenvalue weighted by molar-refractivity contribution is 6.15. The largest absolute Gasteiger partial charge is 0.469 e. The van der Waals surface area contributed by atoms with Gasteiger partial charge >= 0.3 is 6.01 Å². The van der Waals surface area contributed by atoms with E-state index in [0.717, 1.165) is 30.2 Å². The van der Waals surface area contributed by atoms with Crippen molar-refractivity contribution in [1.29, 1.82) is 0 Å². The van der Waals surface area contributed by atoms with E-state index in [1.165, 1.54) is 10.7 Å². The molecule has 1 aliphatic heterocycles. The molecule has 0 saturated carbocycles. The minimum atomic E-state index is -0.510. The minimum Gasteiger partial charge on any atom is -0.469 e. The standard InChI is InChI=1S/C26H29N5O3/c1-26(2,3)34-24-23-27-15-21(22(32)20-13-7-10-17-9-5-6-12-19(17)20)31(23)29-25(28-24)33-16-18-11-8-14-30(18)4/h5-7,9-10,12-13,15,18H,8,11,14,16H2,1-4H3. The molecule has 1 saturated heterocycles. The number of fused-ring (bicyclic) bond motifs is 2. The van der Waals surface area contributed by atoms with Gasteiger partial charge in [0.25, 0.3) is 5.88 Å². The van der Waals surface area contributed by atoms with Crippen molar-refractivity contribution >= 4 is 22.2 Å². The molecule has 8 nitrogen and oxygen atoms in total. The number of likely N-dealkylation sites (N-methyl/N-ethyl adjacent to an activating group) is 1. The molecule has 0 radical (unpaired) electrons. The summed E-state index contributed by atoms with van der Waals surface area (Å²) in [6, 6.07) is 14.0. The summed E-state index contributed by atoms with van der Waals surface area (Å²) in [5.41, 5.74) is 0.787. The molecule has 1 aliphatic rings. The van der Waals surface area contributed by atoms with Gasteiger partial charge in [-0.15, -0.1) is 5.10 Å². The van der Waals surface area contributed by atoms with Crippen molar-refractivity contribution in [2.75, 3.05) is 20.2 Å². The van der Waals surface area contributed by atoms with E-state index >= 15 is 0 Å². The number of ketones is 1. The number of rotatable bonds is 6. The molecule has 176 valence electrons. The number of carbonyl (C=O) groups is 1. The summed E-state index contributed by atoms with van der Waals surface area (Å²) in [6.07, 6.45) is 3.74. The summed E-state index contributed by atoms with van der Waals surface area (Å²) in [5.74, 6) is 0.112. The Labute approximate surface area is 198 Å². The van der Waals surface area contributed by atoms with E-state index in [1.807, 2.05) is 63.2 Å². The van der Waals surface area contributed by atoms with Crippen LogP contribution in [0.5, 0.6) is 11.9 Å². The fourth-order valence-corrected chi connectivity index (χ4v) is 4.33. The Hall–Kier alpha value is -3.52. The second-order valence-electron chi connectivity index (χ2n) is 9.74. The molecule has 0 N–H and O–H groups in total. The zero-order chi connectivity index (χ0) is 23.9. The number of carbonyl (C=O) groups excluding carboxylic acids is 1. The summed E-state index contributed by atoms with van der Waals surface area (Å²) < 4.78 is 13.6. The molecule has 1 unspecified atom stereocenters. The normalized spacial score (nSPS) is 16.9. The fraction of sp³-hybridized carbons (Fsp3) is 0.385. The smallest absolute Gasteiger partial charge is 0.337 e. The van der Waals surface area contributed by atoms with Gasteiger partial charge in [0.1, 0.15) is 17.9 Å². The number of ether oxygens (including phenoxy) is 2. The fourth-order valence-electron chi connectivity index (χ4n) is 4.33. The number of imidazole rings is 1. The molecule has 3 heterocycles. The topological polar surface area (TPSA) is 81.9 Å². The molecule has 0 bridgehead atoms. The molecule has 2 aromatic carbocycles. The van der Waals surface area contributed by atoms with Gasteiger partial charge in [0.2, 0.25) is 11.4 Å². The third-order valence-electron chi connectivity index (χ3n) is 6.06. The van der Waals surface area contributed by atoms with E-state index < -0.39 is 5.60 Å². The molecular formula is C26H29N5O3. The monoisotopic (exact) mass is 459 g/mol. The number of nitrogens with zero attached hydrogens (tertiary/aromatic N) is 5. The highest BCUT2D eigenvalue weighted by Gasteiger charge is 2.26. The maximum atomic E-state index is 13.6. The lowest BCUT2D eigenvalue weighted by atomic mass is 10.0. The molecule has 1 fully saturated rings. The maximum absolute atomic E-state index is 13.6. The van der Waals surface area contributed by atoms with Crippen LogP contribution in [-0.4, -0.2) is 62.1 Å². The van der Waals surface area contributed by atoms with Crippen LogP contribution in [-0.2, 0) is 0 Å². The maximum Gasteiger partial charge on any atom is 0.337 e. The van der Waals surface area contributed by atoms with Crippen molar-refractivity contribution < 1.29 is 14.3 Å². The van der Waals surface area contributed by atoms with E-state index in [2.05, 4.69) is 27.0 Å². The summed E-state index contributed by atoms with van der Waals surface area (Å²) in [6.45, 7) is 7.33. The first kappa shape index (κ1) is 22.3. The van der Waals surface area contributed by atoms with E-state index in [4.69, 9.17) is 9.47 Å². The van der Waals surface area contributed by atoms with E-state index in [9.17, 15) is 4.79 Å². The summed E-state index contributed by atoms with van der Waals surface area (Å²) in [5, 5.41) is 6.42. The van der Waals surface area contributed by atoms with Gasteiger partial charge in [-0.05, 0) is 58.0 Å². The van der Waals surface area contributed by atoms with Crippen molar-refractivity contribution in [3.8, 4) is 11.9 Å². The second-order valence-corrected chi connectivity index (χ2v) is 9.74. The summed E-state index contributed by atoms with van der Waals surface area (Å²) in [7, 11) is 2.09. The second kappa shape index (κ2) is 8.68. The lowest BCUT2D eigenvalue weighted by molar-refractivity contribution is 0.103. The van der Waals surface area contributed by atoms with Gasteiger partial charge in [-0.3, -0.25) is 4.79 Å². The predicted octanol–water partition coefficient (Wildman–Crippen LogP) is 4.16. The zero-order valence-corrected chi connectivity index (χ0v) is 20.0. The first-order valence-electron chi connectivity index (χ1n) is 11.6. The van der Waals surface area contributed by atoms with Gasteiger partial charge in [0.15, 0.2) is 0 Å². The van der Waals surface area contributed by atoms with Crippen LogP contribution < -0.4 is 9.47 Å². The van der Waals surface area contributed by atoms with E-state index in [-0.39, 0.29) is 17.7 Å². The quantitative estimate of drug-likeness (QED) is 0.401. The predicted molar refractivity (Wildman–Crippen MR) is 130 cm³/mol. The number of benzene rings is 2. The van der Waals surface area contributed by atoms with Crippen LogP contribution >= 0.6 is 0 Å². The van der Waals surface area contributed by atoms with E-state index in [0.29, 0.717) is 29.6 Å². The van der Waals surface area contributed by atoms with Crippen molar-refractivity contribution in [2.45, 2.75) is 45.3 Å². The van der Waals surface area contributed by atoms with Gasteiger partial charge in [-0.25, -0.2) is 4.98 Å². The van der Waals surface area contributed by atoms with Crippen LogP contribution in [0.15, 0.2) is 48.7 Å². The lowest BCUT2D eigenvalue weighted by Gasteiger charge is -2.21. The lowest BCUT2D eigenvalue weighted by Crippen LogP contribution is -2.31. The molecule has 1 atom stereocenters. The zero-order valence-electron chi connectivity index (χ0n) is 20.0. The SMILES string of the molecule is CN1CCCC1COc1nc(OC(C)(C)C)c2ncc(C(=O)c3cccc4ccccc34)n2n1. The molecule has 0 amide bonds. The summed E-state index contributed by atoms with van der Waals surface area (Å²) in [4.78, 5) is 24.9. The average molecular weight is 460 g/mol. The van der Waals surface area contributed by atoms with Gasteiger partial charge in [-0.2, -0.15) is 9.50 Å². The number of hydrogen-bond acceptors (Lipinski definition) is 7. The number of likely N-dealkylation sites (tertiary alicyclic amines) is 1. The average Bonchev–Trinajstić information content (AvgIpc) is 3.42. The van der Waals surface area contributed by atoms with Crippen LogP contribution in [0.1, 0.15) is 49.7 Å². The first-order valence-corrected chi connectivity index (χ1v) is 11.6. The van der Waals surface area contributed by atoms with Crippen LogP contribution in [0, 0.1) is 0 Å². The number of hydrogen-bond donors (Lipinski definition) is 0. The van der Waals surface area contributed by atoms with Crippen molar-refractivity contribution in [1.82, 2.24) is 24.5 Å². The molecule has 2 aromatic heterocycles. The first-order chi connectivity index (χ1) is 16.3. The van der Waals surface area contributed by atoms with Gasteiger partial charge in [-0.1, -0.05) is 42.5 Å². The van der Waals surface area contributed by atoms with Crippen molar-refractivity contribution in [2.24, 2.45) is 0 Å². The molecule has 0 spiro atoms. The van der Waals surface area contributed by atoms with Gasteiger partial charge in [0, 0.05) is 11.6 Å². The Bertz CT molecular complexity index is 1350.